The predicted octanol–water partition coefficient (Wildman–Crippen LogP) is 4.27. The lowest BCUT2D eigenvalue weighted by Crippen LogP contribution is -2.35. The number of rotatable bonds is 5. The van der Waals surface area contributed by atoms with Crippen molar-refractivity contribution >= 4 is 11.3 Å². The second kappa shape index (κ2) is 6.58. The molecule has 0 fully saturated rings. The molecule has 114 valence electrons. The summed E-state index contributed by atoms with van der Waals surface area (Å²) < 4.78 is 5.20. The molecule has 2 aromatic rings. The van der Waals surface area contributed by atoms with Gasteiger partial charge in [-0.1, -0.05) is 6.92 Å². The van der Waals surface area contributed by atoms with E-state index in [4.69, 9.17) is 9.72 Å². The zero-order valence-electron chi connectivity index (χ0n) is 13.5. The Morgan fingerprint density at radius 1 is 1.19 bits per heavy atom. The Morgan fingerprint density at radius 3 is 2.38 bits per heavy atom. The summed E-state index contributed by atoms with van der Waals surface area (Å²) in [5, 5.41) is 4.63. The summed E-state index contributed by atoms with van der Waals surface area (Å²) in [4.78, 5) is 6.12. The van der Waals surface area contributed by atoms with Crippen LogP contribution in [0.15, 0.2) is 24.3 Å². The largest absolute Gasteiger partial charge is 0.497 e. The van der Waals surface area contributed by atoms with E-state index in [0.29, 0.717) is 0 Å². The van der Waals surface area contributed by atoms with Crippen LogP contribution in [0.3, 0.4) is 0 Å². The van der Waals surface area contributed by atoms with Crippen molar-refractivity contribution in [3.05, 3.63) is 34.8 Å². The SMILES string of the molecule is CCc1nc(-c2ccc(OC)cc2)sc1CNC(C)(C)C. The Labute approximate surface area is 131 Å². The van der Waals surface area contributed by atoms with Gasteiger partial charge in [-0.05, 0) is 51.5 Å². The van der Waals surface area contributed by atoms with Crippen LogP contribution in [0.4, 0.5) is 0 Å². The van der Waals surface area contributed by atoms with Gasteiger partial charge in [0, 0.05) is 22.5 Å². The zero-order chi connectivity index (χ0) is 15.5. The number of thiazole rings is 1. The minimum Gasteiger partial charge on any atom is -0.497 e. The van der Waals surface area contributed by atoms with Crippen molar-refractivity contribution in [3.63, 3.8) is 0 Å². The zero-order valence-corrected chi connectivity index (χ0v) is 14.3. The highest BCUT2D eigenvalue weighted by Gasteiger charge is 2.14. The number of nitrogens with zero attached hydrogens (tertiary/aromatic N) is 1. The van der Waals surface area contributed by atoms with Crippen molar-refractivity contribution in [2.75, 3.05) is 7.11 Å². The predicted molar refractivity (Wildman–Crippen MR) is 90.1 cm³/mol. The van der Waals surface area contributed by atoms with Crippen LogP contribution in [0.1, 0.15) is 38.3 Å². The molecule has 0 saturated carbocycles. The van der Waals surface area contributed by atoms with Gasteiger partial charge in [0.2, 0.25) is 0 Å². The molecule has 1 aromatic carbocycles. The smallest absolute Gasteiger partial charge is 0.123 e. The Hall–Kier alpha value is -1.39. The second-order valence-electron chi connectivity index (χ2n) is 6.07. The van der Waals surface area contributed by atoms with Crippen molar-refractivity contribution in [3.8, 4) is 16.3 Å². The van der Waals surface area contributed by atoms with Gasteiger partial charge in [-0.25, -0.2) is 4.98 Å². The highest BCUT2D eigenvalue weighted by atomic mass is 32.1. The first kappa shape index (κ1) is 16.0. The average molecular weight is 304 g/mol. The molecule has 0 aliphatic heterocycles. The molecule has 0 radical (unpaired) electrons. The molecular formula is C17H24N2OS. The summed E-state index contributed by atoms with van der Waals surface area (Å²) in [7, 11) is 1.68. The number of ether oxygens (including phenoxy) is 1. The van der Waals surface area contributed by atoms with E-state index in [2.05, 4.69) is 45.1 Å². The standard InChI is InChI=1S/C17H24N2OS/c1-6-14-15(11-18-17(2,3)4)21-16(19-14)12-7-9-13(20-5)10-8-12/h7-10,18H,6,11H2,1-5H3. The number of aryl methyl sites for hydroxylation is 1. The second-order valence-corrected chi connectivity index (χ2v) is 7.16. The molecule has 4 heteroatoms. The van der Waals surface area contributed by atoms with Gasteiger partial charge in [-0.3, -0.25) is 0 Å². The maximum atomic E-state index is 5.20. The molecule has 0 aliphatic rings. The molecule has 1 N–H and O–H groups in total. The molecule has 3 nitrogen and oxygen atoms in total. The topological polar surface area (TPSA) is 34.1 Å². The first-order chi connectivity index (χ1) is 9.93. The lowest BCUT2D eigenvalue weighted by Gasteiger charge is -2.20. The van der Waals surface area contributed by atoms with Gasteiger partial charge in [0.1, 0.15) is 10.8 Å². The minimum absolute atomic E-state index is 0.120. The van der Waals surface area contributed by atoms with Gasteiger partial charge in [-0.2, -0.15) is 0 Å². The van der Waals surface area contributed by atoms with Crippen LogP contribution >= 0.6 is 11.3 Å². The Bertz CT molecular complexity index is 582. The molecule has 21 heavy (non-hydrogen) atoms. The van der Waals surface area contributed by atoms with E-state index in [9.17, 15) is 0 Å². The fraction of sp³-hybridized carbons (Fsp3) is 0.471. The average Bonchev–Trinajstić information content (AvgIpc) is 2.88. The van der Waals surface area contributed by atoms with Crippen LogP contribution in [0.5, 0.6) is 5.75 Å². The fourth-order valence-electron chi connectivity index (χ4n) is 2.00. The third-order valence-electron chi connectivity index (χ3n) is 3.23. The van der Waals surface area contributed by atoms with Crippen LogP contribution in [0.25, 0.3) is 10.6 Å². The summed E-state index contributed by atoms with van der Waals surface area (Å²) in [6.07, 6.45) is 0.966. The van der Waals surface area contributed by atoms with Crippen LogP contribution in [-0.2, 0) is 13.0 Å². The molecule has 0 unspecified atom stereocenters. The maximum Gasteiger partial charge on any atom is 0.123 e. The molecule has 1 aromatic heterocycles. The summed E-state index contributed by atoms with van der Waals surface area (Å²) in [6, 6.07) is 8.10. The fourth-order valence-corrected chi connectivity index (χ4v) is 3.10. The molecule has 0 aliphatic carbocycles. The van der Waals surface area contributed by atoms with Crippen molar-refractivity contribution in [1.29, 1.82) is 0 Å². The molecule has 0 amide bonds. The monoisotopic (exact) mass is 304 g/mol. The van der Waals surface area contributed by atoms with E-state index in [-0.39, 0.29) is 5.54 Å². The molecule has 2 rings (SSSR count). The van der Waals surface area contributed by atoms with Crippen LogP contribution < -0.4 is 10.1 Å². The maximum absolute atomic E-state index is 5.20. The van der Waals surface area contributed by atoms with Crippen LogP contribution in [-0.4, -0.2) is 17.6 Å². The number of benzene rings is 1. The quantitative estimate of drug-likeness (QED) is 0.895. The highest BCUT2D eigenvalue weighted by molar-refractivity contribution is 7.15. The summed E-state index contributed by atoms with van der Waals surface area (Å²) in [5.41, 5.74) is 2.47. The Morgan fingerprint density at radius 2 is 1.86 bits per heavy atom. The molecule has 0 saturated heterocycles. The van der Waals surface area contributed by atoms with E-state index in [1.165, 1.54) is 10.6 Å². The van der Waals surface area contributed by atoms with E-state index in [0.717, 1.165) is 29.3 Å². The first-order valence-corrected chi connectivity index (χ1v) is 8.12. The van der Waals surface area contributed by atoms with Gasteiger partial charge in [0.15, 0.2) is 0 Å². The molecule has 0 bridgehead atoms. The molecule has 0 atom stereocenters. The van der Waals surface area contributed by atoms with Gasteiger partial charge < -0.3 is 10.1 Å². The molecule has 1 heterocycles. The van der Waals surface area contributed by atoms with Gasteiger partial charge in [0.25, 0.3) is 0 Å². The highest BCUT2D eigenvalue weighted by Crippen LogP contribution is 2.30. The van der Waals surface area contributed by atoms with Crippen LogP contribution in [0.2, 0.25) is 0 Å². The lowest BCUT2D eigenvalue weighted by atomic mass is 10.1. The van der Waals surface area contributed by atoms with Gasteiger partial charge >= 0.3 is 0 Å². The number of nitrogens with one attached hydrogen (secondary N) is 1. The van der Waals surface area contributed by atoms with Crippen molar-refractivity contribution < 1.29 is 4.74 Å². The normalized spacial score (nSPS) is 11.7. The van der Waals surface area contributed by atoms with Crippen molar-refractivity contribution in [2.24, 2.45) is 0 Å². The lowest BCUT2D eigenvalue weighted by molar-refractivity contribution is 0.415. The third kappa shape index (κ3) is 4.29. The van der Waals surface area contributed by atoms with Crippen LogP contribution in [0, 0.1) is 0 Å². The van der Waals surface area contributed by atoms with Gasteiger partial charge in [-0.15, -0.1) is 11.3 Å². The van der Waals surface area contributed by atoms with Crippen molar-refractivity contribution in [1.82, 2.24) is 10.3 Å². The Balaban J connectivity index is 2.22. The van der Waals surface area contributed by atoms with Gasteiger partial charge in [0.05, 0.1) is 12.8 Å². The minimum atomic E-state index is 0.120. The first-order valence-electron chi connectivity index (χ1n) is 7.31. The van der Waals surface area contributed by atoms with E-state index < -0.39 is 0 Å². The Kier molecular flexibility index (Phi) is 5.01. The van der Waals surface area contributed by atoms with E-state index >= 15 is 0 Å². The third-order valence-corrected chi connectivity index (χ3v) is 4.38. The van der Waals surface area contributed by atoms with E-state index in [1.54, 1.807) is 18.4 Å². The van der Waals surface area contributed by atoms with Crippen molar-refractivity contribution in [2.45, 2.75) is 46.2 Å². The summed E-state index contributed by atoms with van der Waals surface area (Å²) in [6.45, 7) is 9.59. The van der Waals surface area contributed by atoms with E-state index in [1.807, 2.05) is 12.1 Å². The summed E-state index contributed by atoms with van der Waals surface area (Å²) >= 11 is 1.78. The number of hydrogen-bond donors (Lipinski definition) is 1. The molecular weight excluding hydrogens is 280 g/mol. The number of aromatic nitrogens is 1. The summed E-state index contributed by atoms with van der Waals surface area (Å²) in [5.74, 6) is 0.876. The number of methoxy groups -OCH3 is 1. The molecule has 0 spiro atoms. The number of hydrogen-bond acceptors (Lipinski definition) is 4.